The Kier molecular flexibility index (Phi) is 5.00. The molecule has 1 atom stereocenters. The van der Waals surface area contributed by atoms with Crippen molar-refractivity contribution in [2.45, 2.75) is 13.0 Å². The summed E-state index contributed by atoms with van der Waals surface area (Å²) in [5, 5.41) is 3.01. The number of carbonyl (C=O) groups is 1. The third kappa shape index (κ3) is 3.50. The molecule has 104 valence electrons. The van der Waals surface area contributed by atoms with Crippen molar-refractivity contribution < 1.29 is 9.53 Å². The Labute approximate surface area is 132 Å². The van der Waals surface area contributed by atoms with Crippen molar-refractivity contribution in [2.24, 2.45) is 0 Å². The predicted octanol–water partition coefficient (Wildman–Crippen LogP) is 3.79. The van der Waals surface area contributed by atoms with Crippen molar-refractivity contribution in [3.05, 3.63) is 63.2 Å². The molecule has 0 aromatic heterocycles. The lowest BCUT2D eigenvalue weighted by molar-refractivity contribution is 0.0939. The molecule has 1 N–H and O–H groups in total. The molecule has 0 aliphatic heterocycles. The summed E-state index contributed by atoms with van der Waals surface area (Å²) in [6.07, 6.45) is 0. The van der Waals surface area contributed by atoms with Crippen molar-refractivity contribution in [2.75, 3.05) is 7.11 Å². The Morgan fingerprint density at radius 1 is 1.15 bits per heavy atom. The van der Waals surface area contributed by atoms with Gasteiger partial charge in [-0.05, 0) is 59.3 Å². The maximum atomic E-state index is 12.2. The van der Waals surface area contributed by atoms with Crippen LogP contribution in [0.2, 0.25) is 0 Å². The first-order valence-electron chi connectivity index (χ1n) is 6.31. The minimum atomic E-state index is -0.0571. The number of methoxy groups -OCH3 is 1. The van der Waals surface area contributed by atoms with Gasteiger partial charge in [-0.2, -0.15) is 0 Å². The highest BCUT2D eigenvalue weighted by Gasteiger charge is 2.13. The van der Waals surface area contributed by atoms with E-state index in [0.717, 1.165) is 14.9 Å². The minimum absolute atomic E-state index is 0.0515. The summed E-state index contributed by atoms with van der Waals surface area (Å²) >= 11 is 2.17. The van der Waals surface area contributed by atoms with E-state index in [1.165, 1.54) is 0 Å². The van der Waals surface area contributed by atoms with E-state index in [0.29, 0.717) is 5.56 Å². The number of ether oxygens (including phenoxy) is 1. The number of halogens is 1. The Morgan fingerprint density at radius 2 is 1.80 bits per heavy atom. The van der Waals surface area contributed by atoms with Crippen LogP contribution in [0.1, 0.15) is 28.9 Å². The number of hydrogen-bond acceptors (Lipinski definition) is 2. The molecule has 0 spiro atoms. The minimum Gasteiger partial charge on any atom is -0.497 e. The molecule has 0 radical (unpaired) electrons. The van der Waals surface area contributed by atoms with Gasteiger partial charge in [0.1, 0.15) is 5.75 Å². The molecule has 0 aliphatic carbocycles. The van der Waals surface area contributed by atoms with Crippen LogP contribution in [-0.2, 0) is 0 Å². The molecule has 0 unspecified atom stereocenters. The van der Waals surface area contributed by atoms with Gasteiger partial charge in [0.25, 0.3) is 5.91 Å². The van der Waals surface area contributed by atoms with E-state index in [2.05, 4.69) is 27.9 Å². The highest BCUT2D eigenvalue weighted by molar-refractivity contribution is 14.1. The Hall–Kier alpha value is -1.56. The van der Waals surface area contributed by atoms with Crippen LogP contribution < -0.4 is 10.1 Å². The van der Waals surface area contributed by atoms with Crippen LogP contribution in [0.25, 0.3) is 0 Å². The average molecular weight is 381 g/mol. The lowest BCUT2D eigenvalue weighted by Crippen LogP contribution is -2.27. The zero-order valence-corrected chi connectivity index (χ0v) is 13.5. The molecular weight excluding hydrogens is 365 g/mol. The fraction of sp³-hybridized carbons (Fsp3) is 0.188. The molecule has 0 aliphatic rings. The maximum Gasteiger partial charge on any atom is 0.252 e. The smallest absolute Gasteiger partial charge is 0.252 e. The molecule has 4 heteroatoms. The van der Waals surface area contributed by atoms with E-state index in [9.17, 15) is 4.79 Å². The molecule has 20 heavy (non-hydrogen) atoms. The zero-order valence-electron chi connectivity index (χ0n) is 11.4. The van der Waals surface area contributed by atoms with Crippen LogP contribution in [0.5, 0.6) is 5.75 Å². The quantitative estimate of drug-likeness (QED) is 0.819. The lowest BCUT2D eigenvalue weighted by Gasteiger charge is -2.15. The summed E-state index contributed by atoms with van der Waals surface area (Å²) in [6.45, 7) is 1.97. The summed E-state index contributed by atoms with van der Waals surface area (Å²) in [5.41, 5.74) is 1.75. The maximum absolute atomic E-state index is 12.2. The molecule has 3 nitrogen and oxygen atoms in total. The zero-order chi connectivity index (χ0) is 14.5. The molecule has 0 bridgehead atoms. The van der Waals surface area contributed by atoms with E-state index in [4.69, 9.17) is 4.74 Å². The number of amides is 1. The molecule has 0 heterocycles. The van der Waals surface area contributed by atoms with Gasteiger partial charge in [0.15, 0.2) is 0 Å². The Bertz CT molecular complexity index is 596. The normalized spacial score (nSPS) is 11.8. The van der Waals surface area contributed by atoms with Gasteiger partial charge in [-0.3, -0.25) is 4.79 Å². The summed E-state index contributed by atoms with van der Waals surface area (Å²) in [7, 11) is 1.64. The SMILES string of the molecule is COc1ccc([C@H](C)NC(=O)c2ccccc2I)cc1. The van der Waals surface area contributed by atoms with Crippen LogP contribution in [-0.4, -0.2) is 13.0 Å². The van der Waals surface area contributed by atoms with Gasteiger partial charge in [-0.15, -0.1) is 0 Å². The number of nitrogens with one attached hydrogen (secondary N) is 1. The van der Waals surface area contributed by atoms with Crippen LogP contribution in [0.4, 0.5) is 0 Å². The first-order chi connectivity index (χ1) is 9.61. The van der Waals surface area contributed by atoms with Crippen LogP contribution in [0.3, 0.4) is 0 Å². The highest BCUT2D eigenvalue weighted by atomic mass is 127. The molecule has 1 amide bonds. The molecule has 2 aromatic carbocycles. The van der Waals surface area contributed by atoms with Crippen molar-refractivity contribution in [3.8, 4) is 5.75 Å². The number of hydrogen-bond donors (Lipinski definition) is 1. The van der Waals surface area contributed by atoms with Gasteiger partial charge in [0.2, 0.25) is 0 Å². The summed E-state index contributed by atoms with van der Waals surface area (Å²) < 4.78 is 6.08. The van der Waals surface area contributed by atoms with Crippen molar-refractivity contribution in [1.29, 1.82) is 0 Å². The number of benzene rings is 2. The van der Waals surface area contributed by atoms with Crippen LogP contribution in [0.15, 0.2) is 48.5 Å². The number of carbonyl (C=O) groups excluding carboxylic acids is 1. The van der Waals surface area contributed by atoms with E-state index < -0.39 is 0 Å². The van der Waals surface area contributed by atoms with Crippen molar-refractivity contribution >= 4 is 28.5 Å². The Morgan fingerprint density at radius 3 is 2.40 bits per heavy atom. The van der Waals surface area contributed by atoms with Crippen LogP contribution >= 0.6 is 22.6 Å². The predicted molar refractivity (Wildman–Crippen MR) is 88.0 cm³/mol. The second-order valence-electron chi connectivity index (χ2n) is 4.45. The summed E-state index contributed by atoms with van der Waals surface area (Å²) in [4.78, 5) is 12.2. The summed E-state index contributed by atoms with van der Waals surface area (Å²) in [5.74, 6) is 0.753. The van der Waals surface area contributed by atoms with Gasteiger partial charge < -0.3 is 10.1 Å². The topological polar surface area (TPSA) is 38.3 Å². The molecule has 2 rings (SSSR count). The van der Waals surface area contributed by atoms with Gasteiger partial charge in [0, 0.05) is 3.57 Å². The van der Waals surface area contributed by atoms with Gasteiger partial charge >= 0.3 is 0 Å². The average Bonchev–Trinajstić information content (AvgIpc) is 2.47. The van der Waals surface area contributed by atoms with Crippen LogP contribution in [0, 0.1) is 3.57 Å². The van der Waals surface area contributed by atoms with E-state index in [1.54, 1.807) is 7.11 Å². The third-order valence-corrected chi connectivity index (χ3v) is 4.02. The summed E-state index contributed by atoms with van der Waals surface area (Å²) in [6, 6.07) is 15.2. The van der Waals surface area contributed by atoms with Crippen molar-refractivity contribution in [3.63, 3.8) is 0 Å². The fourth-order valence-corrected chi connectivity index (χ4v) is 2.53. The van der Waals surface area contributed by atoms with Gasteiger partial charge in [-0.1, -0.05) is 24.3 Å². The van der Waals surface area contributed by atoms with E-state index in [-0.39, 0.29) is 11.9 Å². The third-order valence-electron chi connectivity index (χ3n) is 3.08. The first-order valence-corrected chi connectivity index (χ1v) is 7.39. The molecule has 0 saturated carbocycles. The molecule has 0 saturated heterocycles. The first kappa shape index (κ1) is 14.8. The largest absolute Gasteiger partial charge is 0.497 e. The number of rotatable bonds is 4. The molecule has 2 aromatic rings. The second kappa shape index (κ2) is 6.74. The van der Waals surface area contributed by atoms with Crippen molar-refractivity contribution in [1.82, 2.24) is 5.32 Å². The van der Waals surface area contributed by atoms with Gasteiger partial charge in [-0.25, -0.2) is 0 Å². The van der Waals surface area contributed by atoms with E-state index >= 15 is 0 Å². The lowest BCUT2D eigenvalue weighted by atomic mass is 10.1. The Balaban J connectivity index is 2.09. The molecule has 0 fully saturated rings. The fourth-order valence-electron chi connectivity index (χ4n) is 1.90. The molecular formula is C16H16INO2. The van der Waals surface area contributed by atoms with Gasteiger partial charge in [0.05, 0.1) is 18.7 Å². The second-order valence-corrected chi connectivity index (χ2v) is 5.61. The standard InChI is InChI=1S/C16H16INO2/c1-11(12-7-9-13(20-2)10-8-12)18-16(19)14-5-3-4-6-15(14)17/h3-11H,1-2H3,(H,18,19)/t11-/m0/s1. The monoisotopic (exact) mass is 381 g/mol. The van der Waals surface area contributed by atoms with E-state index in [1.807, 2.05) is 55.5 Å². The highest BCUT2D eigenvalue weighted by Crippen LogP contribution is 2.18.